The molecule has 8 heteroatoms. The summed E-state index contributed by atoms with van der Waals surface area (Å²) < 4.78 is 0. The monoisotopic (exact) mass is 485 g/mol. The van der Waals surface area contributed by atoms with Crippen molar-refractivity contribution in [1.82, 2.24) is 4.90 Å². The second-order valence-electron chi connectivity index (χ2n) is 9.39. The maximum absolute atomic E-state index is 14.3. The van der Waals surface area contributed by atoms with Gasteiger partial charge in [-0.15, -0.1) is 11.8 Å². The molecular weight excluding hydrogens is 462 g/mol. The van der Waals surface area contributed by atoms with Crippen LogP contribution in [0.1, 0.15) is 33.0 Å². The molecule has 4 atom stereocenters. The fraction of sp³-hybridized carbons (Fsp3) is 0.259. The van der Waals surface area contributed by atoms with E-state index in [1.54, 1.807) is 36.0 Å². The van der Waals surface area contributed by atoms with Gasteiger partial charge in [-0.3, -0.25) is 24.6 Å². The van der Waals surface area contributed by atoms with E-state index in [-0.39, 0.29) is 29.3 Å². The quantitative estimate of drug-likeness (QED) is 0.327. The highest BCUT2D eigenvalue weighted by Crippen LogP contribution is 2.61. The number of thioether (sulfide) groups is 1. The van der Waals surface area contributed by atoms with E-state index in [0.717, 1.165) is 28.1 Å². The Balaban J connectivity index is 1.60. The van der Waals surface area contributed by atoms with Crippen molar-refractivity contribution in [2.45, 2.75) is 24.4 Å². The Kier molecular flexibility index (Phi) is 5.05. The van der Waals surface area contributed by atoms with Crippen LogP contribution >= 0.6 is 11.8 Å². The molecule has 2 fully saturated rings. The number of hydrogen-bond acceptors (Lipinski definition) is 6. The lowest BCUT2D eigenvalue weighted by molar-refractivity contribution is -0.384. The van der Waals surface area contributed by atoms with Crippen molar-refractivity contribution >= 4 is 34.8 Å². The number of nitrogens with one attached hydrogen (secondary N) is 1. The summed E-state index contributed by atoms with van der Waals surface area (Å²) in [5.74, 6) is 0.169. The first kappa shape index (κ1) is 22.0. The topological polar surface area (TPSA) is 92.5 Å². The molecule has 3 heterocycles. The van der Waals surface area contributed by atoms with Gasteiger partial charge in [0.1, 0.15) is 5.54 Å². The highest BCUT2D eigenvalue weighted by Gasteiger charge is 2.69. The zero-order valence-electron chi connectivity index (χ0n) is 19.0. The van der Waals surface area contributed by atoms with E-state index in [9.17, 15) is 19.7 Å². The predicted molar refractivity (Wildman–Crippen MR) is 135 cm³/mol. The molecule has 0 aromatic heterocycles. The van der Waals surface area contributed by atoms with Gasteiger partial charge < -0.3 is 5.32 Å². The molecule has 7 nitrogen and oxygen atoms in total. The Labute approximate surface area is 206 Å². The number of hydrogen-bond donors (Lipinski definition) is 1. The summed E-state index contributed by atoms with van der Waals surface area (Å²) in [5, 5.41) is 14.3. The summed E-state index contributed by atoms with van der Waals surface area (Å²) in [6.45, 7) is 1.99. The van der Waals surface area contributed by atoms with Gasteiger partial charge in [0.05, 0.1) is 10.8 Å². The molecule has 0 aliphatic carbocycles. The Morgan fingerprint density at radius 1 is 1.11 bits per heavy atom. The van der Waals surface area contributed by atoms with Crippen LogP contribution in [0.4, 0.5) is 11.4 Å². The van der Waals surface area contributed by atoms with Crippen LogP contribution in [0.25, 0.3) is 0 Å². The summed E-state index contributed by atoms with van der Waals surface area (Å²) >= 11 is 1.75. The zero-order chi connectivity index (χ0) is 24.3. The molecule has 0 unspecified atom stereocenters. The first-order valence-electron chi connectivity index (χ1n) is 11.5. The molecule has 0 radical (unpaired) electrons. The lowest BCUT2D eigenvalue weighted by atomic mass is 9.69. The summed E-state index contributed by atoms with van der Waals surface area (Å²) in [4.78, 5) is 41.3. The molecule has 2 saturated heterocycles. The molecule has 3 aromatic carbocycles. The molecule has 176 valence electrons. The molecule has 1 N–H and O–H groups in total. The number of carbonyl (C=O) groups is 2. The van der Waals surface area contributed by atoms with E-state index >= 15 is 0 Å². The van der Waals surface area contributed by atoms with Crippen LogP contribution in [0.5, 0.6) is 0 Å². The molecular formula is C27H23N3O4S. The van der Waals surface area contributed by atoms with Crippen LogP contribution in [-0.4, -0.2) is 39.2 Å². The molecule has 3 aliphatic heterocycles. The Hall–Kier alpha value is -3.49. The van der Waals surface area contributed by atoms with Gasteiger partial charge in [-0.1, -0.05) is 60.2 Å². The number of amides is 1. The van der Waals surface area contributed by atoms with E-state index in [1.165, 1.54) is 12.1 Å². The van der Waals surface area contributed by atoms with Crippen LogP contribution in [0, 0.1) is 23.0 Å². The maximum atomic E-state index is 14.3. The van der Waals surface area contributed by atoms with Crippen molar-refractivity contribution in [3.63, 3.8) is 0 Å². The van der Waals surface area contributed by atoms with Crippen LogP contribution in [0.2, 0.25) is 0 Å². The number of rotatable bonds is 4. The number of nitrogens with zero attached hydrogens (tertiary/aromatic N) is 2. The van der Waals surface area contributed by atoms with Crippen LogP contribution in [0.15, 0.2) is 72.8 Å². The van der Waals surface area contributed by atoms with Gasteiger partial charge >= 0.3 is 0 Å². The van der Waals surface area contributed by atoms with Crippen molar-refractivity contribution in [2.24, 2.45) is 5.92 Å². The average Bonchev–Trinajstić information content (AvgIpc) is 3.53. The number of non-ortho nitro benzene ring substituents is 1. The van der Waals surface area contributed by atoms with E-state index in [1.807, 2.05) is 43.3 Å². The SMILES string of the molecule is Cc1ccc2c(c1)[C@]1(C(=O)N2)[C@H](C(=O)c2ccccc2)[C@H](c2ccc([N+](=O)[O-])cc2)[C@@H]2CSCN21. The minimum absolute atomic E-state index is 0.00429. The minimum Gasteiger partial charge on any atom is -0.324 e. The number of nitro benzene ring substituents is 1. The number of carbonyl (C=O) groups excluding carboxylic acids is 2. The van der Waals surface area contributed by atoms with Crippen molar-refractivity contribution in [1.29, 1.82) is 0 Å². The van der Waals surface area contributed by atoms with Crippen LogP contribution in [-0.2, 0) is 10.3 Å². The maximum Gasteiger partial charge on any atom is 0.269 e. The highest BCUT2D eigenvalue weighted by atomic mass is 32.2. The van der Waals surface area contributed by atoms with Gasteiger partial charge in [-0.2, -0.15) is 0 Å². The van der Waals surface area contributed by atoms with Crippen LogP contribution in [0.3, 0.4) is 0 Å². The number of anilines is 1. The zero-order valence-corrected chi connectivity index (χ0v) is 19.8. The summed E-state index contributed by atoms with van der Waals surface area (Å²) in [6.07, 6.45) is 0. The molecule has 3 aromatic rings. The number of ketones is 1. The van der Waals surface area contributed by atoms with Gasteiger partial charge in [0, 0.05) is 52.5 Å². The number of aryl methyl sites for hydroxylation is 1. The van der Waals surface area contributed by atoms with Gasteiger partial charge in [-0.25, -0.2) is 0 Å². The lowest BCUT2D eigenvalue weighted by Crippen LogP contribution is -2.52. The summed E-state index contributed by atoms with van der Waals surface area (Å²) in [6, 6.07) is 21.4. The van der Waals surface area contributed by atoms with Crippen LogP contribution < -0.4 is 5.32 Å². The van der Waals surface area contributed by atoms with Gasteiger partial charge in [0.2, 0.25) is 5.91 Å². The summed E-state index contributed by atoms with van der Waals surface area (Å²) in [7, 11) is 0. The molecule has 1 amide bonds. The van der Waals surface area contributed by atoms with Crippen molar-refractivity contribution in [3.05, 3.63) is 105 Å². The fourth-order valence-electron chi connectivity index (χ4n) is 6.16. The lowest BCUT2D eigenvalue weighted by Gasteiger charge is -2.36. The van der Waals surface area contributed by atoms with Crippen molar-refractivity contribution in [2.75, 3.05) is 16.9 Å². The third-order valence-corrected chi connectivity index (χ3v) is 8.64. The Bertz CT molecular complexity index is 1360. The molecule has 35 heavy (non-hydrogen) atoms. The van der Waals surface area contributed by atoms with Gasteiger partial charge in [0.25, 0.3) is 5.69 Å². The highest BCUT2D eigenvalue weighted by molar-refractivity contribution is 7.99. The number of benzene rings is 3. The Morgan fingerprint density at radius 3 is 2.57 bits per heavy atom. The first-order chi connectivity index (χ1) is 16.9. The molecule has 0 saturated carbocycles. The molecule has 0 bridgehead atoms. The minimum atomic E-state index is -1.14. The first-order valence-corrected chi connectivity index (χ1v) is 12.7. The van der Waals surface area contributed by atoms with E-state index in [2.05, 4.69) is 10.2 Å². The molecule has 3 aliphatic rings. The largest absolute Gasteiger partial charge is 0.324 e. The smallest absolute Gasteiger partial charge is 0.269 e. The van der Waals surface area contributed by atoms with Crippen molar-refractivity contribution < 1.29 is 14.5 Å². The van der Waals surface area contributed by atoms with E-state index < -0.39 is 16.4 Å². The van der Waals surface area contributed by atoms with E-state index in [4.69, 9.17) is 0 Å². The van der Waals surface area contributed by atoms with E-state index in [0.29, 0.717) is 11.4 Å². The third-order valence-electron chi connectivity index (χ3n) is 7.61. The number of nitro groups is 1. The fourth-order valence-corrected chi connectivity index (χ4v) is 7.49. The normalized spacial score (nSPS) is 27.0. The average molecular weight is 486 g/mol. The number of Topliss-reactive ketones (excluding diaryl/α,β-unsaturated/α-hetero) is 1. The second kappa shape index (κ2) is 8.03. The Morgan fingerprint density at radius 2 is 1.86 bits per heavy atom. The third kappa shape index (κ3) is 3.10. The number of fused-ring (bicyclic) bond motifs is 4. The predicted octanol–water partition coefficient (Wildman–Crippen LogP) is 4.72. The second-order valence-corrected chi connectivity index (χ2v) is 10.4. The molecule has 6 rings (SSSR count). The van der Waals surface area contributed by atoms with Gasteiger partial charge in [0.15, 0.2) is 5.78 Å². The summed E-state index contributed by atoms with van der Waals surface area (Å²) in [5.41, 5.74) is 2.87. The van der Waals surface area contributed by atoms with Gasteiger partial charge in [-0.05, 0) is 18.6 Å². The van der Waals surface area contributed by atoms with Crippen molar-refractivity contribution in [3.8, 4) is 0 Å². The standard InChI is InChI=1S/C27H23N3O4S/c1-16-7-12-21-20(13-16)27(26(32)28-21)24(25(31)18-5-3-2-4-6-18)23(22-14-35-15-29(22)27)17-8-10-19(11-9-17)30(33)34/h2-13,22-24H,14-15H2,1H3,(H,28,32)/t22-,23+,24-,27+/m0/s1. The molecule has 1 spiro atoms.